The van der Waals surface area contributed by atoms with Crippen LogP contribution in [-0.4, -0.2) is 4.98 Å². The molecule has 2 aromatic carbocycles. The van der Waals surface area contributed by atoms with E-state index in [1.165, 1.54) is 18.3 Å². The molecular weight excluding hydrogens is 296 g/mol. The van der Waals surface area contributed by atoms with Gasteiger partial charge in [0.2, 0.25) is 0 Å². The van der Waals surface area contributed by atoms with Gasteiger partial charge in [-0.05, 0) is 30.2 Å². The largest absolute Gasteiger partial charge is 0.487 e. The Balaban J connectivity index is 1.81. The van der Waals surface area contributed by atoms with Gasteiger partial charge in [0.25, 0.3) is 0 Å². The molecule has 0 unspecified atom stereocenters. The molecule has 0 aliphatic rings. The van der Waals surface area contributed by atoms with E-state index in [4.69, 9.17) is 4.74 Å². The molecule has 0 fully saturated rings. The normalized spacial score (nSPS) is 10.6. The molecular formula is C19H15F2NO. The first-order valence-corrected chi connectivity index (χ1v) is 7.22. The molecule has 0 N–H and O–H groups in total. The number of pyridine rings is 1. The van der Waals surface area contributed by atoms with Crippen LogP contribution in [0.2, 0.25) is 0 Å². The molecule has 3 aromatic rings. The highest BCUT2D eigenvalue weighted by Gasteiger charge is 2.12. The van der Waals surface area contributed by atoms with E-state index in [9.17, 15) is 8.78 Å². The van der Waals surface area contributed by atoms with Crippen molar-refractivity contribution in [2.75, 3.05) is 0 Å². The predicted molar refractivity (Wildman–Crippen MR) is 85.1 cm³/mol. The predicted octanol–water partition coefficient (Wildman–Crippen LogP) is 4.91. The number of ether oxygens (including phenoxy) is 1. The quantitative estimate of drug-likeness (QED) is 0.682. The van der Waals surface area contributed by atoms with Gasteiger partial charge in [0, 0.05) is 11.8 Å². The third kappa shape index (κ3) is 3.37. The molecule has 0 saturated heterocycles. The van der Waals surface area contributed by atoms with E-state index in [-0.39, 0.29) is 12.2 Å². The van der Waals surface area contributed by atoms with Gasteiger partial charge in [0.05, 0.1) is 11.8 Å². The second-order valence-electron chi connectivity index (χ2n) is 5.22. The van der Waals surface area contributed by atoms with Crippen molar-refractivity contribution < 1.29 is 13.5 Å². The fourth-order valence-electron chi connectivity index (χ4n) is 2.29. The van der Waals surface area contributed by atoms with Crippen LogP contribution in [0.1, 0.15) is 11.1 Å². The van der Waals surface area contributed by atoms with Crippen molar-refractivity contribution in [2.24, 2.45) is 0 Å². The van der Waals surface area contributed by atoms with Crippen molar-refractivity contribution in [2.45, 2.75) is 13.5 Å². The Morgan fingerprint density at radius 3 is 2.52 bits per heavy atom. The average molecular weight is 311 g/mol. The zero-order valence-corrected chi connectivity index (χ0v) is 12.6. The lowest BCUT2D eigenvalue weighted by Crippen LogP contribution is -2.03. The Morgan fingerprint density at radius 2 is 1.74 bits per heavy atom. The second kappa shape index (κ2) is 6.57. The van der Waals surface area contributed by atoms with E-state index in [1.807, 2.05) is 30.3 Å². The van der Waals surface area contributed by atoms with Crippen LogP contribution in [0.15, 0.2) is 60.9 Å². The first-order chi connectivity index (χ1) is 11.1. The van der Waals surface area contributed by atoms with Crippen LogP contribution in [0.3, 0.4) is 0 Å². The minimum atomic E-state index is -0.611. The molecule has 0 spiro atoms. The van der Waals surface area contributed by atoms with Crippen molar-refractivity contribution in [1.82, 2.24) is 4.98 Å². The maximum atomic E-state index is 14.0. The minimum Gasteiger partial charge on any atom is -0.487 e. The lowest BCUT2D eigenvalue weighted by atomic mass is 10.1. The molecule has 1 aromatic heterocycles. The van der Waals surface area contributed by atoms with E-state index in [1.54, 1.807) is 19.2 Å². The number of benzene rings is 2. The van der Waals surface area contributed by atoms with Crippen LogP contribution in [-0.2, 0) is 6.61 Å². The summed E-state index contributed by atoms with van der Waals surface area (Å²) in [4.78, 5) is 4.12. The van der Waals surface area contributed by atoms with Gasteiger partial charge in [-0.25, -0.2) is 8.78 Å². The summed E-state index contributed by atoms with van der Waals surface area (Å²) in [7, 11) is 0. The highest BCUT2D eigenvalue weighted by molar-refractivity contribution is 5.63. The standard InChI is InChI=1S/C19H15F2NO/c1-13-7-8-18(20)17(19(13)21)12-23-16-9-15(10-22-11-16)14-5-3-2-4-6-14/h2-11H,12H2,1H3. The lowest BCUT2D eigenvalue weighted by molar-refractivity contribution is 0.291. The summed E-state index contributed by atoms with van der Waals surface area (Å²) < 4.78 is 33.2. The summed E-state index contributed by atoms with van der Waals surface area (Å²) in [6, 6.07) is 14.2. The van der Waals surface area contributed by atoms with Gasteiger partial charge in [0.15, 0.2) is 0 Å². The van der Waals surface area contributed by atoms with E-state index in [2.05, 4.69) is 4.98 Å². The van der Waals surface area contributed by atoms with Gasteiger partial charge >= 0.3 is 0 Å². The molecule has 3 rings (SSSR count). The number of nitrogens with zero attached hydrogens (tertiary/aromatic N) is 1. The van der Waals surface area contributed by atoms with Gasteiger partial charge in [-0.2, -0.15) is 0 Å². The third-order valence-corrected chi connectivity index (χ3v) is 3.58. The molecule has 0 amide bonds. The van der Waals surface area contributed by atoms with Crippen molar-refractivity contribution in [3.63, 3.8) is 0 Å². The topological polar surface area (TPSA) is 22.1 Å². The summed E-state index contributed by atoms with van der Waals surface area (Å²) in [6.45, 7) is 1.41. The fraction of sp³-hybridized carbons (Fsp3) is 0.105. The van der Waals surface area contributed by atoms with Crippen LogP contribution >= 0.6 is 0 Å². The maximum Gasteiger partial charge on any atom is 0.138 e. The molecule has 0 radical (unpaired) electrons. The number of rotatable bonds is 4. The van der Waals surface area contributed by atoms with Crippen molar-refractivity contribution in [3.05, 3.63) is 83.7 Å². The van der Waals surface area contributed by atoms with Crippen LogP contribution in [0.5, 0.6) is 5.75 Å². The van der Waals surface area contributed by atoms with E-state index in [0.717, 1.165) is 11.1 Å². The smallest absolute Gasteiger partial charge is 0.138 e. The molecule has 0 aliphatic carbocycles. The Morgan fingerprint density at radius 1 is 0.957 bits per heavy atom. The maximum absolute atomic E-state index is 14.0. The molecule has 0 atom stereocenters. The number of hydrogen-bond acceptors (Lipinski definition) is 2. The highest BCUT2D eigenvalue weighted by Crippen LogP contribution is 2.24. The number of aryl methyl sites for hydroxylation is 1. The first-order valence-electron chi connectivity index (χ1n) is 7.22. The van der Waals surface area contributed by atoms with Crippen LogP contribution in [0.4, 0.5) is 8.78 Å². The number of aromatic nitrogens is 1. The average Bonchev–Trinajstić information content (AvgIpc) is 2.59. The van der Waals surface area contributed by atoms with E-state index < -0.39 is 11.6 Å². The SMILES string of the molecule is Cc1ccc(F)c(COc2cncc(-c3ccccc3)c2)c1F. The molecule has 116 valence electrons. The summed E-state index contributed by atoms with van der Waals surface area (Å²) in [5.41, 5.74) is 2.20. The minimum absolute atomic E-state index is 0.0740. The zero-order valence-electron chi connectivity index (χ0n) is 12.6. The molecule has 0 aliphatic heterocycles. The van der Waals surface area contributed by atoms with Gasteiger partial charge in [-0.1, -0.05) is 36.4 Å². The Hall–Kier alpha value is -2.75. The second-order valence-corrected chi connectivity index (χ2v) is 5.22. The number of halogens is 2. The van der Waals surface area contributed by atoms with Crippen molar-refractivity contribution in [1.29, 1.82) is 0 Å². The molecule has 4 heteroatoms. The zero-order chi connectivity index (χ0) is 16.2. The van der Waals surface area contributed by atoms with Crippen LogP contribution in [0, 0.1) is 18.6 Å². The summed E-state index contributed by atoms with van der Waals surface area (Å²) in [6.07, 6.45) is 3.24. The van der Waals surface area contributed by atoms with Gasteiger partial charge in [-0.3, -0.25) is 4.98 Å². The lowest BCUT2D eigenvalue weighted by Gasteiger charge is -2.10. The molecule has 2 nitrogen and oxygen atoms in total. The fourth-order valence-corrected chi connectivity index (χ4v) is 2.29. The molecule has 0 saturated carbocycles. The molecule has 23 heavy (non-hydrogen) atoms. The molecule has 1 heterocycles. The highest BCUT2D eigenvalue weighted by atomic mass is 19.1. The van der Waals surface area contributed by atoms with Gasteiger partial charge in [0.1, 0.15) is 24.0 Å². The summed E-state index contributed by atoms with van der Waals surface area (Å²) >= 11 is 0. The van der Waals surface area contributed by atoms with E-state index >= 15 is 0 Å². The van der Waals surface area contributed by atoms with Gasteiger partial charge < -0.3 is 4.74 Å². The Bertz CT molecular complexity index is 819. The van der Waals surface area contributed by atoms with Crippen LogP contribution in [0.25, 0.3) is 11.1 Å². The third-order valence-electron chi connectivity index (χ3n) is 3.58. The van der Waals surface area contributed by atoms with Crippen molar-refractivity contribution >= 4 is 0 Å². The van der Waals surface area contributed by atoms with Crippen molar-refractivity contribution in [3.8, 4) is 16.9 Å². The van der Waals surface area contributed by atoms with Crippen LogP contribution < -0.4 is 4.74 Å². The Kier molecular flexibility index (Phi) is 4.33. The van der Waals surface area contributed by atoms with Gasteiger partial charge in [-0.15, -0.1) is 0 Å². The van der Waals surface area contributed by atoms with E-state index in [0.29, 0.717) is 11.3 Å². The summed E-state index contributed by atoms with van der Waals surface area (Å²) in [5, 5.41) is 0. The first kappa shape index (κ1) is 15.2. The Labute approximate surface area is 133 Å². The monoisotopic (exact) mass is 311 g/mol. The summed E-state index contributed by atoms with van der Waals surface area (Å²) in [5.74, 6) is -0.718. The molecule has 0 bridgehead atoms. The number of hydrogen-bond donors (Lipinski definition) is 0.